The Morgan fingerprint density at radius 2 is 1.85 bits per heavy atom. The largest absolute Gasteiger partial charge is 0.456 e. The molecule has 1 heterocycles. The highest BCUT2D eigenvalue weighted by molar-refractivity contribution is 7.12. The van der Waals surface area contributed by atoms with Crippen LogP contribution in [0.5, 0.6) is 0 Å². The molecule has 3 rings (SSSR count). The van der Waals surface area contributed by atoms with E-state index in [1.807, 2.05) is 36.4 Å². The fourth-order valence-electron chi connectivity index (χ4n) is 2.53. The fraction of sp³-hybridized carbons (Fsp3) is 0.0526. The molecule has 2 N–H and O–H groups in total. The zero-order chi connectivity index (χ0) is 19.4. The zero-order valence-corrected chi connectivity index (χ0v) is 14.8. The number of primary amides is 1. The summed E-state index contributed by atoms with van der Waals surface area (Å²) in [6, 6.07) is 15.0. The molecule has 0 spiro atoms. The average molecular weight is 382 g/mol. The van der Waals surface area contributed by atoms with E-state index in [2.05, 4.69) is 0 Å². The first-order valence-corrected chi connectivity index (χ1v) is 8.72. The third kappa shape index (κ3) is 4.01. The number of carbonyl (C=O) groups excluding carboxylic acids is 2. The summed E-state index contributed by atoms with van der Waals surface area (Å²) in [5.74, 6) is -1.34. The lowest BCUT2D eigenvalue weighted by Crippen LogP contribution is -2.12. The number of nitrogens with zero attached hydrogens (tertiary/aromatic N) is 1. The van der Waals surface area contributed by atoms with Gasteiger partial charge >= 0.3 is 5.97 Å². The Balaban J connectivity index is 1.80. The minimum Gasteiger partial charge on any atom is -0.456 e. The third-order valence-corrected chi connectivity index (χ3v) is 4.76. The van der Waals surface area contributed by atoms with Gasteiger partial charge in [0, 0.05) is 17.2 Å². The second kappa shape index (κ2) is 7.79. The molecule has 0 saturated heterocycles. The number of rotatable bonds is 6. The molecule has 0 saturated carbocycles. The van der Waals surface area contributed by atoms with E-state index in [0.29, 0.717) is 4.88 Å². The summed E-state index contributed by atoms with van der Waals surface area (Å²) in [4.78, 5) is 34.7. The molecule has 0 unspecified atom stereocenters. The first-order chi connectivity index (χ1) is 13.0. The minimum absolute atomic E-state index is 0.0152. The second-order valence-electron chi connectivity index (χ2n) is 5.57. The number of amides is 1. The molecule has 8 heteroatoms. The Labute approximate surface area is 158 Å². The number of benzene rings is 2. The molecule has 2 aromatic carbocycles. The third-order valence-electron chi connectivity index (χ3n) is 3.86. The summed E-state index contributed by atoms with van der Waals surface area (Å²) < 4.78 is 5.28. The Bertz CT molecular complexity index is 1010. The van der Waals surface area contributed by atoms with E-state index in [0.717, 1.165) is 17.2 Å². The summed E-state index contributed by atoms with van der Waals surface area (Å²) >= 11 is 1.23. The number of hydrogen-bond acceptors (Lipinski definition) is 6. The van der Waals surface area contributed by atoms with Gasteiger partial charge in [-0.05, 0) is 29.1 Å². The van der Waals surface area contributed by atoms with Crippen molar-refractivity contribution in [2.45, 2.75) is 6.61 Å². The van der Waals surface area contributed by atoms with Crippen molar-refractivity contribution in [1.82, 2.24) is 0 Å². The van der Waals surface area contributed by atoms with Crippen molar-refractivity contribution >= 4 is 28.9 Å². The zero-order valence-electron chi connectivity index (χ0n) is 14.0. The quantitative estimate of drug-likeness (QED) is 0.396. The summed E-state index contributed by atoms with van der Waals surface area (Å²) in [5.41, 5.74) is 6.63. The number of nitrogens with two attached hydrogens (primary N) is 1. The SMILES string of the molecule is NC(=O)c1ccc(COC(=O)c2sccc2-c2ccccc2)c([N+](=O)[O-])c1. The van der Waals surface area contributed by atoms with Crippen molar-refractivity contribution in [3.8, 4) is 11.1 Å². The number of ether oxygens (including phenoxy) is 1. The Hall–Kier alpha value is -3.52. The molecule has 0 atom stereocenters. The number of thiophene rings is 1. The van der Waals surface area contributed by atoms with Crippen LogP contribution in [0, 0.1) is 10.1 Å². The number of nitro benzene ring substituents is 1. The van der Waals surface area contributed by atoms with Crippen LogP contribution in [0.3, 0.4) is 0 Å². The monoisotopic (exact) mass is 382 g/mol. The molecule has 0 bridgehead atoms. The maximum absolute atomic E-state index is 12.5. The molecule has 27 heavy (non-hydrogen) atoms. The van der Waals surface area contributed by atoms with Gasteiger partial charge in [0.2, 0.25) is 5.91 Å². The van der Waals surface area contributed by atoms with Gasteiger partial charge in [-0.1, -0.05) is 30.3 Å². The van der Waals surface area contributed by atoms with Crippen LogP contribution in [-0.4, -0.2) is 16.8 Å². The van der Waals surface area contributed by atoms with E-state index in [9.17, 15) is 19.7 Å². The molecular formula is C19H14N2O5S. The van der Waals surface area contributed by atoms with Crippen LogP contribution < -0.4 is 5.73 Å². The highest BCUT2D eigenvalue weighted by Gasteiger charge is 2.20. The van der Waals surface area contributed by atoms with Crippen LogP contribution in [0.15, 0.2) is 60.0 Å². The Morgan fingerprint density at radius 1 is 1.11 bits per heavy atom. The lowest BCUT2D eigenvalue weighted by atomic mass is 10.1. The second-order valence-corrected chi connectivity index (χ2v) is 6.49. The van der Waals surface area contributed by atoms with Gasteiger partial charge in [-0.3, -0.25) is 14.9 Å². The molecule has 0 aliphatic carbocycles. The molecule has 136 valence electrons. The van der Waals surface area contributed by atoms with E-state index in [1.165, 1.54) is 23.5 Å². The van der Waals surface area contributed by atoms with Gasteiger partial charge in [-0.15, -0.1) is 11.3 Å². The summed E-state index contributed by atoms with van der Waals surface area (Å²) in [6.07, 6.45) is 0. The lowest BCUT2D eigenvalue weighted by molar-refractivity contribution is -0.385. The average Bonchev–Trinajstić information content (AvgIpc) is 3.16. The highest BCUT2D eigenvalue weighted by Crippen LogP contribution is 2.29. The molecule has 0 radical (unpaired) electrons. The van der Waals surface area contributed by atoms with Gasteiger partial charge in [0.1, 0.15) is 11.5 Å². The van der Waals surface area contributed by atoms with E-state index < -0.39 is 16.8 Å². The van der Waals surface area contributed by atoms with E-state index in [-0.39, 0.29) is 23.4 Å². The lowest BCUT2D eigenvalue weighted by Gasteiger charge is -2.07. The topological polar surface area (TPSA) is 113 Å². The number of esters is 1. The number of nitro groups is 1. The van der Waals surface area contributed by atoms with E-state index >= 15 is 0 Å². The van der Waals surface area contributed by atoms with E-state index in [4.69, 9.17) is 10.5 Å². The number of hydrogen-bond donors (Lipinski definition) is 1. The summed E-state index contributed by atoms with van der Waals surface area (Å²) in [5, 5.41) is 13.0. The van der Waals surface area contributed by atoms with Gasteiger partial charge in [0.05, 0.1) is 10.5 Å². The molecule has 7 nitrogen and oxygen atoms in total. The van der Waals surface area contributed by atoms with E-state index in [1.54, 1.807) is 5.38 Å². The van der Waals surface area contributed by atoms with Crippen LogP contribution in [-0.2, 0) is 11.3 Å². The van der Waals surface area contributed by atoms with Gasteiger partial charge in [-0.2, -0.15) is 0 Å². The van der Waals surface area contributed by atoms with Gasteiger partial charge in [-0.25, -0.2) is 4.79 Å². The van der Waals surface area contributed by atoms with Gasteiger partial charge in [0.25, 0.3) is 5.69 Å². The Kier molecular flexibility index (Phi) is 5.28. The predicted molar refractivity (Wildman–Crippen MR) is 100 cm³/mol. The maximum atomic E-state index is 12.5. The summed E-state index contributed by atoms with van der Waals surface area (Å²) in [6.45, 7) is -0.291. The van der Waals surface area contributed by atoms with Crippen LogP contribution in [0.25, 0.3) is 11.1 Å². The smallest absolute Gasteiger partial charge is 0.349 e. The van der Waals surface area contributed by atoms with Crippen molar-refractivity contribution in [1.29, 1.82) is 0 Å². The van der Waals surface area contributed by atoms with Crippen LogP contribution in [0.2, 0.25) is 0 Å². The molecule has 3 aromatic rings. The van der Waals surface area contributed by atoms with Crippen molar-refractivity contribution in [3.05, 3.63) is 86.1 Å². The van der Waals surface area contributed by atoms with Gasteiger partial charge in [0.15, 0.2) is 0 Å². The molecule has 0 fully saturated rings. The van der Waals surface area contributed by atoms with Crippen molar-refractivity contribution in [3.63, 3.8) is 0 Å². The van der Waals surface area contributed by atoms with Crippen LogP contribution in [0.1, 0.15) is 25.6 Å². The predicted octanol–water partition coefficient (Wildman–Crippen LogP) is 3.78. The van der Waals surface area contributed by atoms with Crippen molar-refractivity contribution in [2.24, 2.45) is 5.73 Å². The molecule has 0 aliphatic heterocycles. The molecular weight excluding hydrogens is 368 g/mol. The molecule has 0 aliphatic rings. The van der Waals surface area contributed by atoms with Crippen LogP contribution >= 0.6 is 11.3 Å². The van der Waals surface area contributed by atoms with Crippen molar-refractivity contribution in [2.75, 3.05) is 0 Å². The van der Waals surface area contributed by atoms with Gasteiger partial charge < -0.3 is 10.5 Å². The highest BCUT2D eigenvalue weighted by atomic mass is 32.1. The standard InChI is InChI=1S/C19H14N2O5S/c20-18(22)13-6-7-14(16(10-13)21(24)25)11-26-19(23)17-15(8-9-27-17)12-4-2-1-3-5-12/h1-10H,11H2,(H2,20,22). The first-order valence-electron chi connectivity index (χ1n) is 7.84. The molecule has 1 amide bonds. The minimum atomic E-state index is -0.771. The van der Waals surface area contributed by atoms with Crippen molar-refractivity contribution < 1.29 is 19.2 Å². The number of carbonyl (C=O) groups is 2. The first kappa shape index (κ1) is 18.3. The maximum Gasteiger partial charge on any atom is 0.349 e. The van der Waals surface area contributed by atoms with Crippen LogP contribution in [0.4, 0.5) is 5.69 Å². The molecule has 1 aromatic heterocycles. The summed E-state index contributed by atoms with van der Waals surface area (Å²) in [7, 11) is 0. The normalized spacial score (nSPS) is 10.4. The fourth-order valence-corrected chi connectivity index (χ4v) is 3.34. The Morgan fingerprint density at radius 3 is 2.52 bits per heavy atom.